The fraction of sp³-hybridized carbons (Fsp3) is 0.647. The monoisotopic (exact) mass is 276 g/mol. The molecule has 1 aromatic carbocycles. The molecule has 2 atom stereocenters. The van der Waals surface area contributed by atoms with Crippen molar-refractivity contribution in [3.63, 3.8) is 0 Å². The van der Waals surface area contributed by atoms with E-state index >= 15 is 0 Å². The summed E-state index contributed by atoms with van der Waals surface area (Å²) >= 11 is 0. The normalized spacial score (nSPS) is 26.9. The number of methoxy groups -OCH3 is 1. The van der Waals surface area contributed by atoms with Gasteiger partial charge in [-0.15, -0.1) is 0 Å². The average molecular weight is 276 g/mol. The molecule has 2 unspecified atom stereocenters. The number of nitrogens with zero attached hydrogens (tertiary/aromatic N) is 1. The summed E-state index contributed by atoms with van der Waals surface area (Å²) in [5.74, 6) is 1.73. The minimum absolute atomic E-state index is 0.0944. The van der Waals surface area contributed by atoms with Gasteiger partial charge < -0.3 is 15.4 Å². The van der Waals surface area contributed by atoms with E-state index in [-0.39, 0.29) is 5.54 Å². The highest BCUT2D eigenvalue weighted by molar-refractivity contribution is 5.52. The molecule has 2 N–H and O–H groups in total. The molecule has 0 saturated heterocycles. The van der Waals surface area contributed by atoms with Crippen LogP contribution < -0.4 is 15.4 Å². The highest BCUT2D eigenvalue weighted by atomic mass is 16.5. The van der Waals surface area contributed by atoms with Crippen molar-refractivity contribution < 1.29 is 4.74 Å². The van der Waals surface area contributed by atoms with Gasteiger partial charge in [0.1, 0.15) is 5.75 Å². The van der Waals surface area contributed by atoms with E-state index in [1.54, 1.807) is 7.11 Å². The van der Waals surface area contributed by atoms with Crippen molar-refractivity contribution in [2.75, 3.05) is 25.6 Å². The van der Waals surface area contributed by atoms with Crippen LogP contribution in [0.4, 0.5) is 5.69 Å². The SMILES string of the molecule is COc1cccc(N(C)C2(CN)CCCC(C)CC2)c1. The van der Waals surface area contributed by atoms with Crippen molar-refractivity contribution in [3.05, 3.63) is 24.3 Å². The predicted molar refractivity (Wildman–Crippen MR) is 85.4 cm³/mol. The summed E-state index contributed by atoms with van der Waals surface area (Å²) in [6, 6.07) is 8.29. The molecule has 1 aliphatic rings. The zero-order valence-electron chi connectivity index (χ0n) is 13.1. The minimum atomic E-state index is 0.0944. The fourth-order valence-electron chi connectivity index (χ4n) is 3.33. The number of hydrogen-bond donors (Lipinski definition) is 1. The van der Waals surface area contributed by atoms with Crippen molar-refractivity contribution >= 4 is 5.69 Å². The number of anilines is 1. The highest BCUT2D eigenvalue weighted by Gasteiger charge is 2.35. The van der Waals surface area contributed by atoms with Gasteiger partial charge in [-0.05, 0) is 37.3 Å². The van der Waals surface area contributed by atoms with Gasteiger partial charge in [-0.2, -0.15) is 0 Å². The van der Waals surface area contributed by atoms with E-state index in [9.17, 15) is 0 Å². The first kappa shape index (κ1) is 15.2. The Labute approximate surface area is 123 Å². The first-order valence-corrected chi connectivity index (χ1v) is 7.69. The molecule has 2 rings (SSSR count). The Balaban J connectivity index is 2.24. The van der Waals surface area contributed by atoms with Crippen LogP contribution in [0.2, 0.25) is 0 Å². The van der Waals surface area contributed by atoms with E-state index in [0.717, 1.165) is 11.7 Å². The molecule has 1 fully saturated rings. The summed E-state index contributed by atoms with van der Waals surface area (Å²) in [4.78, 5) is 2.38. The molecule has 20 heavy (non-hydrogen) atoms. The standard InChI is InChI=1S/C17H28N2O/c1-14-6-5-10-17(13-18,11-9-14)19(2)15-7-4-8-16(12-15)20-3/h4,7-8,12,14H,5-6,9-11,13,18H2,1-3H3. The Bertz CT molecular complexity index is 435. The average Bonchev–Trinajstić information content (AvgIpc) is 2.69. The predicted octanol–water partition coefficient (Wildman–Crippen LogP) is 3.43. The maximum atomic E-state index is 6.19. The minimum Gasteiger partial charge on any atom is -0.497 e. The second-order valence-electron chi connectivity index (χ2n) is 6.23. The van der Waals surface area contributed by atoms with E-state index in [0.29, 0.717) is 6.54 Å². The van der Waals surface area contributed by atoms with Crippen LogP contribution in [0.1, 0.15) is 39.0 Å². The third-order valence-electron chi connectivity index (χ3n) is 4.97. The fourth-order valence-corrected chi connectivity index (χ4v) is 3.33. The van der Waals surface area contributed by atoms with Gasteiger partial charge in [0.25, 0.3) is 0 Å². The topological polar surface area (TPSA) is 38.5 Å². The molecule has 0 aromatic heterocycles. The molecule has 0 aliphatic heterocycles. The molecule has 0 heterocycles. The van der Waals surface area contributed by atoms with Crippen molar-refractivity contribution in [2.45, 2.75) is 44.6 Å². The van der Waals surface area contributed by atoms with Crippen LogP contribution in [0, 0.1) is 5.92 Å². The van der Waals surface area contributed by atoms with Gasteiger partial charge in [-0.25, -0.2) is 0 Å². The molecule has 0 amide bonds. The van der Waals surface area contributed by atoms with E-state index in [2.05, 4.69) is 31.0 Å². The van der Waals surface area contributed by atoms with Crippen molar-refractivity contribution in [2.24, 2.45) is 11.7 Å². The zero-order valence-corrected chi connectivity index (χ0v) is 13.1. The molecule has 0 spiro atoms. The van der Waals surface area contributed by atoms with Gasteiger partial charge >= 0.3 is 0 Å². The van der Waals surface area contributed by atoms with Crippen LogP contribution in [0.5, 0.6) is 5.75 Å². The summed E-state index contributed by atoms with van der Waals surface area (Å²) in [5.41, 5.74) is 7.48. The van der Waals surface area contributed by atoms with Gasteiger partial charge in [0.2, 0.25) is 0 Å². The Hall–Kier alpha value is -1.22. The van der Waals surface area contributed by atoms with Gasteiger partial charge in [0.15, 0.2) is 0 Å². The molecule has 0 bridgehead atoms. The smallest absolute Gasteiger partial charge is 0.120 e. The lowest BCUT2D eigenvalue weighted by Crippen LogP contribution is -2.52. The number of rotatable bonds is 4. The molecule has 3 heteroatoms. The summed E-state index contributed by atoms with van der Waals surface area (Å²) in [6.07, 6.45) is 6.23. The summed E-state index contributed by atoms with van der Waals surface area (Å²) in [7, 11) is 3.89. The first-order valence-electron chi connectivity index (χ1n) is 7.69. The Morgan fingerprint density at radius 3 is 2.85 bits per heavy atom. The Kier molecular flexibility index (Phi) is 4.92. The molecular formula is C17H28N2O. The lowest BCUT2D eigenvalue weighted by atomic mass is 9.87. The number of likely N-dealkylation sites (N-methyl/N-ethyl adjacent to an activating group) is 1. The number of ether oxygens (including phenoxy) is 1. The van der Waals surface area contributed by atoms with E-state index in [4.69, 9.17) is 10.5 Å². The number of hydrogen-bond acceptors (Lipinski definition) is 3. The van der Waals surface area contributed by atoms with Gasteiger partial charge in [-0.3, -0.25) is 0 Å². The zero-order chi connectivity index (χ0) is 14.6. The Morgan fingerprint density at radius 2 is 2.15 bits per heavy atom. The number of nitrogens with two attached hydrogens (primary N) is 1. The maximum absolute atomic E-state index is 6.19. The second-order valence-corrected chi connectivity index (χ2v) is 6.23. The molecule has 1 aromatic rings. The molecule has 112 valence electrons. The highest BCUT2D eigenvalue weighted by Crippen LogP contribution is 2.36. The number of benzene rings is 1. The van der Waals surface area contributed by atoms with Crippen LogP contribution in [-0.2, 0) is 0 Å². The quantitative estimate of drug-likeness (QED) is 0.856. The molecule has 1 saturated carbocycles. The maximum Gasteiger partial charge on any atom is 0.120 e. The van der Waals surface area contributed by atoms with Crippen LogP contribution in [0.3, 0.4) is 0 Å². The van der Waals surface area contributed by atoms with Crippen molar-refractivity contribution in [3.8, 4) is 5.75 Å². The van der Waals surface area contributed by atoms with Gasteiger partial charge in [0.05, 0.1) is 12.6 Å². The molecular weight excluding hydrogens is 248 g/mol. The van der Waals surface area contributed by atoms with E-state index < -0.39 is 0 Å². The van der Waals surface area contributed by atoms with Crippen LogP contribution in [-0.4, -0.2) is 26.2 Å². The van der Waals surface area contributed by atoms with Crippen LogP contribution in [0.25, 0.3) is 0 Å². The van der Waals surface area contributed by atoms with Crippen molar-refractivity contribution in [1.29, 1.82) is 0 Å². The molecule has 1 aliphatic carbocycles. The summed E-state index contributed by atoms with van der Waals surface area (Å²) in [5, 5.41) is 0. The summed E-state index contributed by atoms with van der Waals surface area (Å²) < 4.78 is 5.34. The molecule has 0 radical (unpaired) electrons. The van der Waals surface area contributed by atoms with Crippen LogP contribution in [0.15, 0.2) is 24.3 Å². The lowest BCUT2D eigenvalue weighted by Gasteiger charge is -2.42. The first-order chi connectivity index (χ1) is 9.61. The van der Waals surface area contributed by atoms with Gasteiger partial charge in [-0.1, -0.05) is 25.8 Å². The van der Waals surface area contributed by atoms with E-state index in [1.807, 2.05) is 12.1 Å². The second kappa shape index (κ2) is 6.49. The van der Waals surface area contributed by atoms with Gasteiger partial charge in [0, 0.05) is 25.3 Å². The third-order valence-corrected chi connectivity index (χ3v) is 4.97. The Morgan fingerprint density at radius 1 is 1.35 bits per heavy atom. The van der Waals surface area contributed by atoms with E-state index in [1.165, 1.54) is 37.8 Å². The summed E-state index contributed by atoms with van der Waals surface area (Å²) in [6.45, 7) is 3.07. The largest absolute Gasteiger partial charge is 0.497 e. The lowest BCUT2D eigenvalue weighted by molar-refractivity contribution is 0.356. The van der Waals surface area contributed by atoms with Crippen molar-refractivity contribution in [1.82, 2.24) is 0 Å². The van der Waals surface area contributed by atoms with Crippen LogP contribution >= 0.6 is 0 Å². The molecule has 3 nitrogen and oxygen atoms in total. The third kappa shape index (κ3) is 3.09.